The lowest BCUT2D eigenvalue weighted by atomic mass is 10.0. The van der Waals surface area contributed by atoms with Gasteiger partial charge in [0.05, 0.1) is 12.0 Å². The first kappa shape index (κ1) is 18.0. The number of fused-ring (bicyclic) bond motifs is 1. The van der Waals surface area contributed by atoms with Crippen molar-refractivity contribution >= 4 is 38.5 Å². The van der Waals surface area contributed by atoms with Crippen LogP contribution in [0.3, 0.4) is 0 Å². The summed E-state index contributed by atoms with van der Waals surface area (Å²) in [4.78, 5) is 24.7. The Kier molecular flexibility index (Phi) is 4.73. The summed E-state index contributed by atoms with van der Waals surface area (Å²) in [6.45, 7) is 3.54. The first-order valence-electron chi connectivity index (χ1n) is 7.81. The molecule has 2 aromatic carbocycles. The Bertz CT molecular complexity index is 1090. The van der Waals surface area contributed by atoms with Gasteiger partial charge in [0, 0.05) is 15.5 Å². The van der Waals surface area contributed by atoms with Crippen LogP contribution >= 0.6 is 15.9 Å². The van der Waals surface area contributed by atoms with Crippen LogP contribution in [0.25, 0.3) is 11.0 Å². The smallest absolute Gasteiger partial charge is 0.340 e. The van der Waals surface area contributed by atoms with E-state index in [1.165, 1.54) is 12.1 Å². The summed E-state index contributed by atoms with van der Waals surface area (Å²) >= 11 is 3.36. The van der Waals surface area contributed by atoms with Crippen molar-refractivity contribution in [3.63, 3.8) is 0 Å². The summed E-state index contributed by atoms with van der Waals surface area (Å²) in [7, 11) is 0. The van der Waals surface area contributed by atoms with Gasteiger partial charge >= 0.3 is 5.63 Å². The lowest BCUT2D eigenvalue weighted by Gasteiger charge is -2.11. The van der Waals surface area contributed by atoms with Gasteiger partial charge in [0.1, 0.15) is 0 Å². The highest BCUT2D eigenvalue weighted by atomic mass is 79.9. The fourth-order valence-electron chi connectivity index (χ4n) is 2.76. The van der Waals surface area contributed by atoms with Gasteiger partial charge in [-0.05, 0) is 55.3 Å². The number of phenols is 2. The average molecular weight is 418 g/mol. The molecule has 0 radical (unpaired) electrons. The topological polar surface area (TPSA) is 99.8 Å². The Labute approximate surface area is 157 Å². The molecule has 3 rings (SSSR count). The van der Waals surface area contributed by atoms with Crippen LogP contribution in [0.15, 0.2) is 44.0 Å². The second-order valence-electron chi connectivity index (χ2n) is 5.99. The fourth-order valence-corrected chi connectivity index (χ4v) is 3.23. The third-order valence-electron chi connectivity index (χ3n) is 4.21. The molecule has 0 saturated carbocycles. The molecule has 0 saturated heterocycles. The normalized spacial score (nSPS) is 10.9. The molecule has 1 aromatic heterocycles. The van der Waals surface area contributed by atoms with Crippen LogP contribution in [-0.4, -0.2) is 16.1 Å². The molecule has 26 heavy (non-hydrogen) atoms. The van der Waals surface area contributed by atoms with E-state index in [0.29, 0.717) is 16.6 Å². The van der Waals surface area contributed by atoms with Crippen molar-refractivity contribution < 1.29 is 19.4 Å². The number of hydrogen-bond donors (Lipinski definition) is 3. The van der Waals surface area contributed by atoms with Crippen molar-refractivity contribution in [3.8, 4) is 11.5 Å². The van der Waals surface area contributed by atoms with Gasteiger partial charge in [-0.2, -0.15) is 0 Å². The molecular formula is C19H16BrNO5. The number of rotatable bonds is 3. The molecule has 3 aromatic rings. The van der Waals surface area contributed by atoms with Gasteiger partial charge in [-0.3, -0.25) is 4.79 Å². The molecule has 0 fully saturated rings. The first-order chi connectivity index (χ1) is 12.3. The molecule has 0 unspecified atom stereocenters. The zero-order valence-electron chi connectivity index (χ0n) is 14.1. The Morgan fingerprint density at radius 3 is 2.62 bits per heavy atom. The molecular weight excluding hydrogens is 402 g/mol. The van der Waals surface area contributed by atoms with Crippen LogP contribution in [0.4, 0.5) is 5.69 Å². The summed E-state index contributed by atoms with van der Waals surface area (Å²) in [5.41, 5.74) is 1.45. The molecule has 0 aliphatic carbocycles. The van der Waals surface area contributed by atoms with Gasteiger partial charge in [0.25, 0.3) is 0 Å². The number of benzene rings is 2. The molecule has 0 atom stereocenters. The van der Waals surface area contributed by atoms with E-state index in [1.54, 1.807) is 13.0 Å². The van der Waals surface area contributed by atoms with E-state index in [0.717, 1.165) is 10.0 Å². The summed E-state index contributed by atoms with van der Waals surface area (Å²) in [6.07, 6.45) is -0.165. The van der Waals surface area contributed by atoms with Crippen LogP contribution < -0.4 is 10.9 Å². The number of phenolic OH excluding ortho intramolecular Hbond substituents is 2. The van der Waals surface area contributed by atoms with Gasteiger partial charge in [-0.25, -0.2) is 4.79 Å². The van der Waals surface area contributed by atoms with Crippen LogP contribution in [-0.2, 0) is 11.2 Å². The predicted molar refractivity (Wildman–Crippen MR) is 102 cm³/mol. The lowest BCUT2D eigenvalue weighted by Crippen LogP contribution is -2.21. The molecule has 0 aliphatic heterocycles. The SMILES string of the molecule is Cc1cc(Br)ccc1NC(=O)Cc1c(C)c2ccc(O)c(O)c2oc1=O. The third-order valence-corrected chi connectivity index (χ3v) is 4.70. The van der Waals surface area contributed by atoms with Crippen molar-refractivity contribution in [2.45, 2.75) is 20.3 Å². The molecule has 0 bridgehead atoms. The maximum Gasteiger partial charge on any atom is 0.340 e. The average Bonchev–Trinajstić information content (AvgIpc) is 2.58. The fraction of sp³-hybridized carbons (Fsp3) is 0.158. The van der Waals surface area contributed by atoms with Crippen molar-refractivity contribution in [1.82, 2.24) is 0 Å². The maximum absolute atomic E-state index is 12.4. The molecule has 7 heteroatoms. The van der Waals surface area contributed by atoms with E-state index in [4.69, 9.17) is 4.42 Å². The second-order valence-corrected chi connectivity index (χ2v) is 6.90. The van der Waals surface area contributed by atoms with E-state index in [2.05, 4.69) is 21.2 Å². The minimum atomic E-state index is -0.724. The molecule has 3 N–H and O–H groups in total. The largest absolute Gasteiger partial charge is 0.504 e. The van der Waals surface area contributed by atoms with E-state index in [1.807, 2.05) is 19.1 Å². The van der Waals surface area contributed by atoms with Crippen LogP contribution in [0.5, 0.6) is 11.5 Å². The summed E-state index contributed by atoms with van der Waals surface area (Å²) < 4.78 is 6.03. The van der Waals surface area contributed by atoms with Crippen molar-refractivity contribution in [1.29, 1.82) is 0 Å². The Hall–Kier alpha value is -2.80. The Morgan fingerprint density at radius 1 is 1.19 bits per heavy atom. The number of amides is 1. The summed E-state index contributed by atoms with van der Waals surface area (Å²) in [5.74, 6) is -1.23. The molecule has 1 heterocycles. The second kappa shape index (κ2) is 6.84. The van der Waals surface area contributed by atoms with Gasteiger partial charge < -0.3 is 19.9 Å². The maximum atomic E-state index is 12.4. The molecule has 0 spiro atoms. The minimum absolute atomic E-state index is 0.0968. The Balaban J connectivity index is 1.94. The minimum Gasteiger partial charge on any atom is -0.504 e. The monoisotopic (exact) mass is 417 g/mol. The first-order valence-corrected chi connectivity index (χ1v) is 8.60. The quantitative estimate of drug-likeness (QED) is 0.444. The predicted octanol–water partition coefficient (Wildman–Crippen LogP) is 3.76. The lowest BCUT2D eigenvalue weighted by molar-refractivity contribution is -0.115. The highest BCUT2D eigenvalue weighted by Crippen LogP contribution is 2.34. The number of nitrogens with one attached hydrogen (secondary N) is 1. The Morgan fingerprint density at radius 2 is 1.92 bits per heavy atom. The third kappa shape index (κ3) is 3.30. The number of aromatic hydroxyl groups is 2. The number of anilines is 1. The summed E-state index contributed by atoms with van der Waals surface area (Å²) in [6, 6.07) is 8.30. The standard InChI is InChI=1S/C19H16BrNO5/c1-9-7-11(20)3-5-14(9)21-16(23)8-13-10(2)12-4-6-15(22)17(24)18(12)26-19(13)25/h3-7,22,24H,8H2,1-2H3,(H,21,23). The van der Waals surface area contributed by atoms with Crippen LogP contribution in [0, 0.1) is 13.8 Å². The zero-order chi connectivity index (χ0) is 19.0. The highest BCUT2D eigenvalue weighted by Gasteiger charge is 2.18. The number of carbonyl (C=O) groups excluding carboxylic acids is 1. The molecule has 134 valence electrons. The number of aryl methyl sites for hydroxylation is 2. The molecule has 6 nitrogen and oxygen atoms in total. The van der Waals surface area contributed by atoms with E-state index >= 15 is 0 Å². The van der Waals surface area contributed by atoms with E-state index < -0.39 is 11.4 Å². The number of hydrogen-bond acceptors (Lipinski definition) is 5. The van der Waals surface area contributed by atoms with Gasteiger partial charge in [-0.1, -0.05) is 15.9 Å². The van der Waals surface area contributed by atoms with Gasteiger partial charge in [0.2, 0.25) is 11.7 Å². The number of carbonyl (C=O) groups is 1. The van der Waals surface area contributed by atoms with Gasteiger partial charge in [-0.15, -0.1) is 0 Å². The molecule has 1 amide bonds. The van der Waals surface area contributed by atoms with Crippen molar-refractivity contribution in [2.75, 3.05) is 5.32 Å². The van der Waals surface area contributed by atoms with Crippen LogP contribution in [0.1, 0.15) is 16.7 Å². The highest BCUT2D eigenvalue weighted by molar-refractivity contribution is 9.10. The van der Waals surface area contributed by atoms with Crippen molar-refractivity contribution in [3.05, 3.63) is 61.9 Å². The van der Waals surface area contributed by atoms with E-state index in [-0.39, 0.29) is 29.2 Å². The van der Waals surface area contributed by atoms with E-state index in [9.17, 15) is 19.8 Å². The molecule has 0 aliphatic rings. The zero-order valence-corrected chi connectivity index (χ0v) is 15.7. The van der Waals surface area contributed by atoms with Crippen LogP contribution in [0.2, 0.25) is 0 Å². The van der Waals surface area contributed by atoms with Crippen molar-refractivity contribution in [2.24, 2.45) is 0 Å². The van der Waals surface area contributed by atoms with Gasteiger partial charge in [0.15, 0.2) is 11.3 Å². The number of halogens is 1. The summed E-state index contributed by atoms with van der Waals surface area (Å²) in [5, 5.41) is 22.6.